The van der Waals surface area contributed by atoms with E-state index < -0.39 is 12.1 Å². The SMILES string of the molecule is COC[C@@H]1C[C@@H](N2Cc3ccc(-c4cccc(C#N)n4)nc3C2=O)CN1.O=C(O)C(F)(F)F. The zero-order valence-electron chi connectivity index (χ0n) is 17.5. The lowest BCUT2D eigenvalue weighted by molar-refractivity contribution is -0.192. The maximum Gasteiger partial charge on any atom is 0.490 e. The van der Waals surface area contributed by atoms with Crippen LogP contribution in [0.2, 0.25) is 0 Å². The second-order valence-electron chi connectivity index (χ2n) is 7.41. The molecule has 2 aliphatic heterocycles. The fourth-order valence-corrected chi connectivity index (χ4v) is 3.63. The number of nitriles is 1. The van der Waals surface area contributed by atoms with Crippen LogP contribution in [0.3, 0.4) is 0 Å². The van der Waals surface area contributed by atoms with Crippen molar-refractivity contribution in [1.29, 1.82) is 5.26 Å². The predicted octanol–water partition coefficient (Wildman–Crippen LogP) is 1.98. The molecule has 0 bridgehead atoms. The van der Waals surface area contributed by atoms with Crippen LogP contribution in [-0.2, 0) is 16.1 Å². The molecule has 2 atom stereocenters. The van der Waals surface area contributed by atoms with Gasteiger partial charge in [-0.25, -0.2) is 14.8 Å². The molecule has 12 heteroatoms. The first-order valence-electron chi connectivity index (χ1n) is 9.85. The number of carbonyl (C=O) groups excluding carboxylic acids is 1. The molecule has 4 rings (SSSR count). The molecule has 0 unspecified atom stereocenters. The van der Waals surface area contributed by atoms with Gasteiger partial charge >= 0.3 is 12.1 Å². The van der Waals surface area contributed by atoms with E-state index in [0.29, 0.717) is 35.9 Å². The highest BCUT2D eigenvalue weighted by atomic mass is 19.4. The molecule has 9 nitrogen and oxygen atoms in total. The molecule has 33 heavy (non-hydrogen) atoms. The number of halogens is 3. The molecule has 2 aliphatic rings. The Morgan fingerprint density at radius 1 is 1.30 bits per heavy atom. The molecule has 4 heterocycles. The number of methoxy groups -OCH3 is 1. The number of carbonyl (C=O) groups is 2. The largest absolute Gasteiger partial charge is 0.490 e. The third-order valence-corrected chi connectivity index (χ3v) is 5.16. The number of nitrogens with one attached hydrogen (secondary N) is 1. The monoisotopic (exact) mass is 463 g/mol. The Bertz CT molecular complexity index is 1090. The number of carboxylic acid groups (broad SMARTS) is 1. The third kappa shape index (κ3) is 5.63. The number of alkyl halides is 3. The highest BCUT2D eigenvalue weighted by Gasteiger charge is 2.39. The van der Waals surface area contributed by atoms with Crippen LogP contribution >= 0.6 is 0 Å². The summed E-state index contributed by atoms with van der Waals surface area (Å²) in [6.45, 7) is 2.00. The van der Waals surface area contributed by atoms with Gasteiger partial charge in [0.25, 0.3) is 5.91 Å². The van der Waals surface area contributed by atoms with Crippen molar-refractivity contribution in [2.75, 3.05) is 20.3 Å². The summed E-state index contributed by atoms with van der Waals surface area (Å²) in [4.78, 5) is 32.5. The number of hydrogen-bond donors (Lipinski definition) is 2. The minimum Gasteiger partial charge on any atom is -0.475 e. The predicted molar refractivity (Wildman–Crippen MR) is 108 cm³/mol. The minimum absolute atomic E-state index is 0.0387. The summed E-state index contributed by atoms with van der Waals surface area (Å²) >= 11 is 0. The van der Waals surface area contributed by atoms with E-state index in [9.17, 15) is 18.0 Å². The minimum atomic E-state index is -5.08. The van der Waals surface area contributed by atoms with Crippen LogP contribution in [-0.4, -0.2) is 70.4 Å². The molecule has 1 amide bonds. The van der Waals surface area contributed by atoms with Gasteiger partial charge in [0.1, 0.15) is 17.5 Å². The molecule has 0 aromatic carbocycles. The Balaban J connectivity index is 0.000000383. The van der Waals surface area contributed by atoms with E-state index in [0.717, 1.165) is 18.5 Å². The van der Waals surface area contributed by atoms with E-state index >= 15 is 0 Å². The molecule has 2 aromatic heterocycles. The molecule has 0 saturated carbocycles. The van der Waals surface area contributed by atoms with Crippen LogP contribution in [0.4, 0.5) is 13.2 Å². The zero-order valence-corrected chi connectivity index (χ0v) is 17.5. The lowest BCUT2D eigenvalue weighted by Gasteiger charge is -2.22. The molecular formula is C21H20F3N5O4. The molecule has 174 valence electrons. The number of rotatable bonds is 4. The number of amides is 1. The average molecular weight is 463 g/mol. The lowest BCUT2D eigenvalue weighted by Crippen LogP contribution is -2.37. The van der Waals surface area contributed by atoms with Crippen LogP contribution < -0.4 is 5.32 Å². The maximum absolute atomic E-state index is 12.9. The Morgan fingerprint density at radius 3 is 2.64 bits per heavy atom. The molecular weight excluding hydrogens is 443 g/mol. The molecule has 0 aliphatic carbocycles. The summed E-state index contributed by atoms with van der Waals surface area (Å²) in [5.74, 6) is -2.80. The van der Waals surface area contributed by atoms with Crippen LogP contribution in [0.5, 0.6) is 0 Å². The number of pyridine rings is 2. The van der Waals surface area contributed by atoms with Crippen molar-refractivity contribution < 1.29 is 32.6 Å². The van der Waals surface area contributed by atoms with E-state index in [-0.39, 0.29) is 18.0 Å². The fraction of sp³-hybridized carbons (Fsp3) is 0.381. The lowest BCUT2D eigenvalue weighted by atomic mass is 10.1. The normalized spacial score (nSPS) is 19.5. The van der Waals surface area contributed by atoms with E-state index in [1.165, 1.54) is 0 Å². The quantitative estimate of drug-likeness (QED) is 0.705. The molecule has 1 fully saturated rings. The third-order valence-electron chi connectivity index (χ3n) is 5.16. The topological polar surface area (TPSA) is 128 Å². The van der Waals surface area contributed by atoms with Gasteiger partial charge in [-0.3, -0.25) is 4.79 Å². The van der Waals surface area contributed by atoms with E-state index in [4.69, 9.17) is 19.9 Å². The number of aliphatic carboxylic acids is 1. The summed E-state index contributed by atoms with van der Waals surface area (Å²) in [6.07, 6.45) is -4.20. The summed E-state index contributed by atoms with van der Waals surface area (Å²) < 4.78 is 36.9. The molecule has 1 saturated heterocycles. The first kappa shape index (κ1) is 24.1. The summed E-state index contributed by atoms with van der Waals surface area (Å²) in [6, 6.07) is 11.5. The van der Waals surface area contributed by atoms with Gasteiger partial charge in [0.2, 0.25) is 0 Å². The molecule has 0 radical (unpaired) electrons. The summed E-state index contributed by atoms with van der Waals surface area (Å²) in [7, 11) is 1.69. The molecule has 2 aromatic rings. The second kappa shape index (κ2) is 9.93. The molecule has 0 spiro atoms. The number of aromatic nitrogens is 2. The van der Waals surface area contributed by atoms with Crippen molar-refractivity contribution in [1.82, 2.24) is 20.2 Å². The number of hydrogen-bond acceptors (Lipinski definition) is 7. The van der Waals surface area contributed by atoms with Crippen molar-refractivity contribution in [2.24, 2.45) is 0 Å². The van der Waals surface area contributed by atoms with Gasteiger partial charge in [0, 0.05) is 37.8 Å². The van der Waals surface area contributed by atoms with Gasteiger partial charge in [-0.1, -0.05) is 12.1 Å². The number of ether oxygens (including phenoxy) is 1. The highest BCUT2D eigenvalue weighted by Crippen LogP contribution is 2.28. The fourth-order valence-electron chi connectivity index (χ4n) is 3.63. The smallest absolute Gasteiger partial charge is 0.475 e. The van der Waals surface area contributed by atoms with Crippen LogP contribution in [0, 0.1) is 11.3 Å². The van der Waals surface area contributed by atoms with Crippen molar-refractivity contribution in [2.45, 2.75) is 31.2 Å². The Morgan fingerprint density at radius 2 is 2.00 bits per heavy atom. The van der Waals surface area contributed by atoms with Crippen LogP contribution in [0.1, 0.15) is 28.2 Å². The van der Waals surface area contributed by atoms with Gasteiger partial charge in [-0.15, -0.1) is 0 Å². The maximum atomic E-state index is 12.9. The number of nitrogens with zero attached hydrogens (tertiary/aromatic N) is 4. The van der Waals surface area contributed by atoms with Crippen molar-refractivity contribution in [3.63, 3.8) is 0 Å². The average Bonchev–Trinajstić information content (AvgIpc) is 3.38. The number of carboxylic acids is 1. The summed E-state index contributed by atoms with van der Waals surface area (Å²) in [5, 5.41) is 19.5. The standard InChI is InChI=1S/C19H19N5O2.C2HF3O2/c1-26-11-14-7-15(9-21-14)24-10-12-5-6-17(23-18(12)19(24)25)16-4-2-3-13(8-20)22-16;3-2(4,5)1(6)7/h2-6,14-15,21H,7,9-11H2,1H3;(H,6,7)/t14-,15+;/m0./s1. The van der Waals surface area contributed by atoms with Crippen molar-refractivity contribution in [3.05, 3.63) is 47.3 Å². The van der Waals surface area contributed by atoms with E-state index in [2.05, 4.69) is 15.3 Å². The van der Waals surface area contributed by atoms with Gasteiger partial charge < -0.3 is 20.1 Å². The van der Waals surface area contributed by atoms with E-state index in [1.807, 2.05) is 23.1 Å². The highest BCUT2D eigenvalue weighted by molar-refractivity contribution is 5.97. The van der Waals surface area contributed by atoms with Crippen LogP contribution in [0.15, 0.2) is 30.3 Å². The Hall–Kier alpha value is -3.56. The van der Waals surface area contributed by atoms with Crippen molar-refractivity contribution in [3.8, 4) is 17.5 Å². The van der Waals surface area contributed by atoms with Gasteiger partial charge in [0.15, 0.2) is 0 Å². The van der Waals surface area contributed by atoms with E-state index in [1.54, 1.807) is 25.3 Å². The van der Waals surface area contributed by atoms with Crippen molar-refractivity contribution >= 4 is 11.9 Å². The zero-order chi connectivity index (χ0) is 24.2. The Labute approximate surface area is 186 Å². The first-order valence-corrected chi connectivity index (χ1v) is 9.85. The number of fused-ring (bicyclic) bond motifs is 1. The Kier molecular flexibility index (Phi) is 7.25. The van der Waals surface area contributed by atoms with Gasteiger partial charge in [-0.2, -0.15) is 18.4 Å². The van der Waals surface area contributed by atoms with Gasteiger partial charge in [0.05, 0.1) is 18.0 Å². The summed E-state index contributed by atoms with van der Waals surface area (Å²) in [5.41, 5.74) is 2.96. The van der Waals surface area contributed by atoms with Gasteiger partial charge in [-0.05, 0) is 24.6 Å². The second-order valence-corrected chi connectivity index (χ2v) is 7.41. The molecule has 2 N–H and O–H groups in total. The van der Waals surface area contributed by atoms with Crippen LogP contribution in [0.25, 0.3) is 11.4 Å². The first-order chi connectivity index (χ1) is 15.6.